The van der Waals surface area contributed by atoms with Crippen LogP contribution in [-0.2, 0) is 21.4 Å². The molecular formula is C25H38N2O4. The first-order valence-electron chi connectivity index (χ1n) is 11.7. The van der Waals surface area contributed by atoms with Crippen molar-refractivity contribution in [1.29, 1.82) is 0 Å². The molecule has 0 saturated heterocycles. The number of nitrogens with two attached hydrogens (primary N) is 1. The van der Waals surface area contributed by atoms with Crippen molar-refractivity contribution in [3.05, 3.63) is 34.9 Å². The minimum absolute atomic E-state index is 0.0113. The predicted molar refractivity (Wildman–Crippen MR) is 121 cm³/mol. The van der Waals surface area contributed by atoms with E-state index < -0.39 is 11.9 Å². The van der Waals surface area contributed by atoms with Crippen LogP contribution in [0.4, 0.5) is 0 Å². The van der Waals surface area contributed by atoms with E-state index in [2.05, 4.69) is 19.2 Å². The number of nitrogens with one attached hydrogen (secondary N) is 1. The van der Waals surface area contributed by atoms with Gasteiger partial charge in [-0.3, -0.25) is 9.59 Å². The maximum Gasteiger partial charge on any atom is 0.306 e. The number of carbonyl (C=O) groups is 2. The van der Waals surface area contributed by atoms with E-state index in [9.17, 15) is 14.7 Å². The number of methoxy groups -OCH3 is 1. The normalized spacial score (nSPS) is 24.4. The summed E-state index contributed by atoms with van der Waals surface area (Å²) in [7, 11) is 1.72. The number of aliphatic carboxylic acids is 1. The smallest absolute Gasteiger partial charge is 0.306 e. The van der Waals surface area contributed by atoms with Crippen LogP contribution in [0.25, 0.3) is 0 Å². The molecule has 4 N–H and O–H groups in total. The molecule has 3 atom stereocenters. The highest BCUT2D eigenvalue weighted by Crippen LogP contribution is 2.39. The zero-order valence-electron chi connectivity index (χ0n) is 19.2. The Bertz CT molecular complexity index is 786. The van der Waals surface area contributed by atoms with Gasteiger partial charge < -0.3 is 20.9 Å². The summed E-state index contributed by atoms with van der Waals surface area (Å²) in [5, 5.41) is 13.4. The van der Waals surface area contributed by atoms with E-state index in [0.29, 0.717) is 24.4 Å². The average molecular weight is 431 g/mol. The molecule has 0 aromatic heterocycles. The van der Waals surface area contributed by atoms with Crippen LogP contribution in [0, 0.1) is 11.8 Å². The standard InChI is InChI=1S/C25H38N2O4/c1-25(2)20-14-18(23(26)28)10-9-17(20)15-21(31-3)22(25)27-12-11-19(24(29)30)13-16-7-5-4-6-8-16/h9-10,14,16,19,21-22,27H,4-8,11-13,15H2,1-3H3,(H2,26,28)(H,29,30)/t19-,21-,22+/m1/s1. The SMILES string of the molecule is CO[C@@H]1Cc2ccc(C(N)=O)cc2C(C)(C)[C@H]1NCC[C@H](CC1CCCCC1)C(=O)O. The molecule has 1 aromatic carbocycles. The highest BCUT2D eigenvalue weighted by Gasteiger charge is 2.42. The fourth-order valence-corrected chi connectivity index (χ4v) is 5.66. The van der Waals surface area contributed by atoms with E-state index in [1.54, 1.807) is 13.2 Å². The number of hydrogen-bond acceptors (Lipinski definition) is 4. The van der Waals surface area contributed by atoms with E-state index in [0.717, 1.165) is 31.2 Å². The van der Waals surface area contributed by atoms with Crippen LogP contribution in [0.1, 0.15) is 80.3 Å². The number of benzene rings is 1. The van der Waals surface area contributed by atoms with Gasteiger partial charge in [-0.2, -0.15) is 0 Å². The molecule has 0 spiro atoms. The number of hydrogen-bond donors (Lipinski definition) is 3. The molecule has 6 nitrogen and oxygen atoms in total. The molecule has 1 amide bonds. The molecule has 0 heterocycles. The van der Waals surface area contributed by atoms with Crippen LogP contribution < -0.4 is 11.1 Å². The summed E-state index contributed by atoms with van der Waals surface area (Å²) in [4.78, 5) is 23.6. The first-order valence-corrected chi connectivity index (χ1v) is 11.7. The van der Waals surface area contributed by atoms with Crippen LogP contribution in [0.5, 0.6) is 0 Å². The van der Waals surface area contributed by atoms with Crippen molar-refractivity contribution in [3.63, 3.8) is 0 Å². The minimum atomic E-state index is -0.685. The minimum Gasteiger partial charge on any atom is -0.481 e. The molecule has 0 radical (unpaired) electrons. The van der Waals surface area contributed by atoms with Gasteiger partial charge in [-0.05, 0) is 48.6 Å². The molecular weight excluding hydrogens is 392 g/mol. The van der Waals surface area contributed by atoms with E-state index >= 15 is 0 Å². The third-order valence-electron chi connectivity index (χ3n) is 7.51. The van der Waals surface area contributed by atoms with Gasteiger partial charge in [0.1, 0.15) is 0 Å². The number of fused-ring (bicyclic) bond motifs is 1. The van der Waals surface area contributed by atoms with Crippen molar-refractivity contribution < 1.29 is 19.4 Å². The Labute approximate surface area is 185 Å². The Hall–Kier alpha value is -1.92. The van der Waals surface area contributed by atoms with Crippen molar-refractivity contribution in [3.8, 4) is 0 Å². The van der Waals surface area contributed by atoms with Crippen LogP contribution in [0.2, 0.25) is 0 Å². The number of carboxylic acid groups (broad SMARTS) is 1. The molecule has 0 aliphatic heterocycles. The Balaban J connectivity index is 1.69. The summed E-state index contributed by atoms with van der Waals surface area (Å²) in [6.07, 6.45) is 8.19. The maximum absolute atomic E-state index is 11.9. The Kier molecular flexibility index (Phi) is 7.76. The zero-order valence-corrected chi connectivity index (χ0v) is 19.2. The summed E-state index contributed by atoms with van der Waals surface area (Å²) >= 11 is 0. The monoisotopic (exact) mass is 430 g/mol. The molecule has 172 valence electrons. The third kappa shape index (κ3) is 5.47. The molecule has 3 rings (SSSR count). The highest BCUT2D eigenvalue weighted by atomic mass is 16.5. The fourth-order valence-electron chi connectivity index (χ4n) is 5.66. The lowest BCUT2D eigenvalue weighted by Crippen LogP contribution is -2.57. The van der Waals surface area contributed by atoms with Crippen molar-refractivity contribution >= 4 is 11.9 Å². The highest BCUT2D eigenvalue weighted by molar-refractivity contribution is 5.93. The first kappa shape index (κ1) is 23.7. The van der Waals surface area contributed by atoms with Crippen LogP contribution in [0.15, 0.2) is 18.2 Å². The van der Waals surface area contributed by atoms with Crippen molar-refractivity contribution in [2.24, 2.45) is 17.6 Å². The summed E-state index contributed by atoms with van der Waals surface area (Å²) in [5.74, 6) is -0.872. The van der Waals surface area contributed by atoms with Gasteiger partial charge >= 0.3 is 5.97 Å². The topological polar surface area (TPSA) is 102 Å². The van der Waals surface area contributed by atoms with Crippen LogP contribution in [0.3, 0.4) is 0 Å². The molecule has 31 heavy (non-hydrogen) atoms. The molecule has 1 saturated carbocycles. The van der Waals surface area contributed by atoms with Gasteiger partial charge in [-0.25, -0.2) is 0 Å². The van der Waals surface area contributed by atoms with E-state index in [1.165, 1.54) is 24.8 Å². The summed E-state index contributed by atoms with van der Waals surface area (Å²) in [5.41, 5.74) is 8.00. The maximum atomic E-state index is 11.9. The largest absolute Gasteiger partial charge is 0.481 e. The van der Waals surface area contributed by atoms with Crippen molar-refractivity contribution in [2.75, 3.05) is 13.7 Å². The number of amides is 1. The zero-order chi connectivity index (χ0) is 22.6. The Morgan fingerprint density at radius 2 is 1.97 bits per heavy atom. The summed E-state index contributed by atoms with van der Waals surface area (Å²) in [6.45, 7) is 4.93. The molecule has 2 aliphatic carbocycles. The summed E-state index contributed by atoms with van der Waals surface area (Å²) < 4.78 is 5.83. The second-order valence-corrected chi connectivity index (χ2v) is 9.93. The summed E-state index contributed by atoms with van der Waals surface area (Å²) in [6, 6.07) is 5.67. The first-order chi connectivity index (χ1) is 14.7. The molecule has 0 bridgehead atoms. The van der Waals surface area contributed by atoms with Gasteiger partial charge in [-0.1, -0.05) is 52.0 Å². The predicted octanol–water partition coefficient (Wildman–Crippen LogP) is 3.65. The second kappa shape index (κ2) is 10.1. The van der Waals surface area contributed by atoms with E-state index in [4.69, 9.17) is 10.5 Å². The Morgan fingerprint density at radius 1 is 1.26 bits per heavy atom. The van der Waals surface area contributed by atoms with Gasteiger partial charge in [0.25, 0.3) is 0 Å². The number of primary amides is 1. The number of ether oxygens (including phenoxy) is 1. The molecule has 1 aromatic rings. The number of rotatable bonds is 9. The lowest BCUT2D eigenvalue weighted by atomic mass is 9.67. The van der Waals surface area contributed by atoms with Gasteiger partial charge in [0.15, 0.2) is 0 Å². The lowest BCUT2D eigenvalue weighted by molar-refractivity contribution is -0.142. The second-order valence-electron chi connectivity index (χ2n) is 9.93. The van der Waals surface area contributed by atoms with Crippen molar-refractivity contribution in [2.45, 2.75) is 82.8 Å². The Morgan fingerprint density at radius 3 is 2.58 bits per heavy atom. The average Bonchev–Trinajstić information content (AvgIpc) is 2.74. The van der Waals surface area contributed by atoms with E-state index in [1.807, 2.05) is 12.1 Å². The molecule has 2 aliphatic rings. The van der Waals surface area contributed by atoms with Crippen molar-refractivity contribution in [1.82, 2.24) is 5.32 Å². The van der Waals surface area contributed by atoms with Gasteiger partial charge in [-0.15, -0.1) is 0 Å². The van der Waals surface area contributed by atoms with E-state index in [-0.39, 0.29) is 23.5 Å². The molecule has 0 unspecified atom stereocenters. The third-order valence-corrected chi connectivity index (χ3v) is 7.51. The van der Waals surface area contributed by atoms with Gasteiger partial charge in [0.05, 0.1) is 12.0 Å². The molecule has 6 heteroatoms. The molecule has 1 fully saturated rings. The fraction of sp³-hybridized carbons (Fsp3) is 0.680. The van der Waals surface area contributed by atoms with Gasteiger partial charge in [0, 0.05) is 30.6 Å². The van der Waals surface area contributed by atoms with Crippen LogP contribution >= 0.6 is 0 Å². The number of carbonyl (C=O) groups excluding carboxylic acids is 1. The lowest BCUT2D eigenvalue weighted by Gasteiger charge is -2.45. The van der Waals surface area contributed by atoms with Gasteiger partial charge in [0.2, 0.25) is 5.91 Å². The quantitative estimate of drug-likeness (QED) is 0.555. The number of carboxylic acids is 1. The van der Waals surface area contributed by atoms with Crippen LogP contribution in [-0.4, -0.2) is 42.8 Å².